The van der Waals surface area contributed by atoms with Gasteiger partial charge < -0.3 is 0 Å². The summed E-state index contributed by atoms with van der Waals surface area (Å²) < 4.78 is 260. The van der Waals surface area contributed by atoms with E-state index in [2.05, 4.69) is 6.92 Å². The third-order valence-electron chi connectivity index (χ3n) is 11.4. The van der Waals surface area contributed by atoms with Gasteiger partial charge >= 0.3 is 53.6 Å². The van der Waals surface area contributed by atoms with Crippen molar-refractivity contribution in [3.05, 3.63) is 35.4 Å². The third-order valence-corrected chi connectivity index (χ3v) is 11.4. The molecule has 0 nitrogen and oxygen atoms in total. The van der Waals surface area contributed by atoms with Crippen molar-refractivity contribution in [2.24, 2.45) is 23.7 Å². The summed E-state index contributed by atoms with van der Waals surface area (Å²) in [6, 6.07) is 1.40. The smallest absolute Gasteiger partial charge is 0.194 e. The molecule has 0 heterocycles. The molecule has 2 aliphatic rings. The Labute approximate surface area is 306 Å². The number of alkyl halides is 19. The average Bonchev–Trinajstić information content (AvgIpc) is 3.10. The zero-order chi connectivity index (χ0) is 42.1. The van der Waals surface area contributed by atoms with E-state index >= 15 is 0 Å². The molecule has 1 aromatic rings. The van der Waals surface area contributed by atoms with Crippen LogP contribution in [0.15, 0.2) is 24.3 Å². The molecule has 0 spiro atoms. The molecule has 0 N–H and O–H groups in total. The topological polar surface area (TPSA) is 0 Å². The number of aryl methyl sites for hydroxylation is 1. The quantitative estimate of drug-likeness (QED) is 0.102. The van der Waals surface area contributed by atoms with Crippen LogP contribution in [0.3, 0.4) is 0 Å². The van der Waals surface area contributed by atoms with Crippen LogP contribution in [0.1, 0.15) is 114 Å². The zero-order valence-electron chi connectivity index (χ0n) is 29.6. The first kappa shape index (κ1) is 47.3. The number of benzene rings is 1. The summed E-state index contributed by atoms with van der Waals surface area (Å²) in [6.07, 6.45) is 8.53. The highest BCUT2D eigenvalue weighted by Gasteiger charge is 2.96. The third kappa shape index (κ3) is 8.69. The van der Waals surface area contributed by atoms with Gasteiger partial charge in [0.2, 0.25) is 0 Å². The molecule has 1 aromatic carbocycles. The standard InChI is InChI=1S/C36H43F19/c1-2-3-4-5-6-7-22-10-16-25(17-11-22)26-18-12-23(13-19-26)8-9-24-14-20-27(21-15-24)28(37,38)29(39,40)30(41,42)31(43,44)32(45,46)33(47,48)34(49,50)35(51,52)36(53,54)55/h14-15,20-23,25-26H,2-13,16-19H2,1H3/t22-,23?,25-,26?. The van der Waals surface area contributed by atoms with Crippen LogP contribution in [-0.4, -0.2) is 47.6 Å². The second-order valence-electron chi connectivity index (χ2n) is 15.1. The van der Waals surface area contributed by atoms with Gasteiger partial charge in [-0.25, -0.2) is 0 Å². The predicted molar refractivity (Wildman–Crippen MR) is 164 cm³/mol. The second kappa shape index (κ2) is 16.6. The van der Waals surface area contributed by atoms with E-state index in [1.807, 2.05) is 0 Å². The molecule has 0 unspecified atom stereocenters. The number of rotatable bonds is 18. The molecule has 0 aliphatic heterocycles. The van der Waals surface area contributed by atoms with E-state index in [-0.39, 0.29) is 30.0 Å². The second-order valence-corrected chi connectivity index (χ2v) is 15.1. The van der Waals surface area contributed by atoms with Crippen molar-refractivity contribution in [1.29, 1.82) is 0 Å². The van der Waals surface area contributed by atoms with Crippen molar-refractivity contribution in [1.82, 2.24) is 0 Å². The highest BCUT2D eigenvalue weighted by Crippen LogP contribution is 2.66. The molecule has 0 atom stereocenters. The van der Waals surface area contributed by atoms with E-state index in [0.717, 1.165) is 31.6 Å². The number of hydrogen-bond acceptors (Lipinski definition) is 0. The SMILES string of the molecule is CCCCCCC[C@H]1CC[C@H](C2CCC(CCc3ccc(C(F)(F)C(F)(F)C(F)(F)C(F)(F)C(F)(F)C(F)(F)C(F)(F)C(F)(F)C(F)(F)F)cc3)CC2)CC1. The molecule has 0 saturated heterocycles. The van der Waals surface area contributed by atoms with Crippen LogP contribution in [-0.2, 0) is 12.3 Å². The van der Waals surface area contributed by atoms with E-state index in [4.69, 9.17) is 0 Å². The minimum atomic E-state index is -8.92. The Morgan fingerprint density at radius 2 is 0.782 bits per heavy atom. The van der Waals surface area contributed by atoms with Gasteiger partial charge in [-0.1, -0.05) is 95.4 Å². The number of hydrogen-bond donors (Lipinski definition) is 0. The monoisotopic (exact) mass is 836 g/mol. The first-order chi connectivity index (χ1) is 25.0. The van der Waals surface area contributed by atoms with Crippen molar-refractivity contribution >= 4 is 0 Å². The molecule has 0 aromatic heterocycles. The van der Waals surface area contributed by atoms with E-state index in [1.54, 1.807) is 0 Å². The van der Waals surface area contributed by atoms with Crippen molar-refractivity contribution < 1.29 is 83.4 Å². The fraction of sp³-hybridized carbons (Fsp3) is 0.833. The first-order valence-corrected chi connectivity index (χ1v) is 18.1. The van der Waals surface area contributed by atoms with Crippen LogP contribution in [0.4, 0.5) is 83.4 Å². The number of unbranched alkanes of at least 4 members (excludes halogenated alkanes) is 4. The van der Waals surface area contributed by atoms with Crippen molar-refractivity contribution in [3.63, 3.8) is 0 Å². The molecule has 2 fully saturated rings. The maximum Gasteiger partial charge on any atom is 0.460 e. The van der Waals surface area contributed by atoms with Gasteiger partial charge in [0.1, 0.15) is 0 Å². The molecule has 19 heteroatoms. The van der Waals surface area contributed by atoms with Crippen molar-refractivity contribution in [3.8, 4) is 0 Å². The Bertz CT molecular complexity index is 1350. The summed E-state index contributed by atoms with van der Waals surface area (Å²) in [6.45, 7) is 2.17. The van der Waals surface area contributed by atoms with Crippen LogP contribution in [0.5, 0.6) is 0 Å². The minimum Gasteiger partial charge on any atom is -0.194 e. The average molecular weight is 837 g/mol. The molecule has 2 aliphatic carbocycles. The molecule has 0 bridgehead atoms. The Kier molecular flexibility index (Phi) is 14.3. The van der Waals surface area contributed by atoms with Crippen LogP contribution in [0.25, 0.3) is 0 Å². The Morgan fingerprint density at radius 3 is 1.18 bits per heavy atom. The highest BCUT2D eigenvalue weighted by molar-refractivity contribution is 5.30. The lowest BCUT2D eigenvalue weighted by Gasteiger charge is -2.43. The van der Waals surface area contributed by atoms with Gasteiger partial charge in [-0.3, -0.25) is 0 Å². The molecule has 320 valence electrons. The summed E-state index contributed by atoms with van der Waals surface area (Å²) in [5.41, 5.74) is -2.10. The van der Waals surface area contributed by atoms with Crippen LogP contribution in [0.2, 0.25) is 0 Å². The lowest BCUT2D eigenvalue weighted by molar-refractivity contribution is -0.469. The highest BCUT2D eigenvalue weighted by atomic mass is 19.4. The fourth-order valence-corrected chi connectivity index (χ4v) is 7.73. The van der Waals surface area contributed by atoms with E-state index < -0.39 is 59.1 Å². The maximum absolute atomic E-state index is 14.7. The Morgan fingerprint density at radius 1 is 0.418 bits per heavy atom. The number of halogens is 19. The molecule has 2 saturated carbocycles. The van der Waals surface area contributed by atoms with E-state index in [0.29, 0.717) is 30.4 Å². The molecule has 0 radical (unpaired) electrons. The van der Waals surface area contributed by atoms with Crippen LogP contribution < -0.4 is 0 Å². The van der Waals surface area contributed by atoms with Crippen LogP contribution >= 0.6 is 0 Å². The normalized spacial score (nSPS) is 23.3. The largest absolute Gasteiger partial charge is 0.460 e. The molecule has 0 amide bonds. The molecular formula is C36H43F19. The fourth-order valence-electron chi connectivity index (χ4n) is 7.73. The van der Waals surface area contributed by atoms with Gasteiger partial charge in [-0.15, -0.1) is 0 Å². The summed E-state index contributed by atoms with van der Waals surface area (Å²) in [5.74, 6) is -64.5. The summed E-state index contributed by atoms with van der Waals surface area (Å²) in [4.78, 5) is 0. The summed E-state index contributed by atoms with van der Waals surface area (Å²) in [5, 5.41) is 0. The van der Waals surface area contributed by atoms with Crippen molar-refractivity contribution in [2.45, 2.75) is 163 Å². The molecule has 55 heavy (non-hydrogen) atoms. The molecule has 3 rings (SSSR count). The lowest BCUT2D eigenvalue weighted by atomic mass is 9.68. The summed E-state index contributed by atoms with van der Waals surface area (Å²) >= 11 is 0. The van der Waals surface area contributed by atoms with Gasteiger partial charge in [0.05, 0.1) is 0 Å². The van der Waals surface area contributed by atoms with Crippen molar-refractivity contribution in [2.75, 3.05) is 0 Å². The van der Waals surface area contributed by atoms with E-state index in [9.17, 15) is 83.4 Å². The minimum absolute atomic E-state index is 0.0146. The van der Waals surface area contributed by atoms with Crippen LogP contribution in [0, 0.1) is 23.7 Å². The Hall–Kier alpha value is -2.11. The predicted octanol–water partition coefficient (Wildman–Crippen LogP) is 14.7. The summed E-state index contributed by atoms with van der Waals surface area (Å²) in [7, 11) is 0. The van der Waals surface area contributed by atoms with Gasteiger partial charge in [0.25, 0.3) is 0 Å². The van der Waals surface area contributed by atoms with E-state index in [1.165, 1.54) is 64.2 Å². The lowest BCUT2D eigenvalue weighted by Crippen LogP contribution is -2.75. The Balaban J connectivity index is 1.63. The first-order valence-electron chi connectivity index (χ1n) is 18.1. The van der Waals surface area contributed by atoms with Gasteiger partial charge in [0, 0.05) is 5.56 Å². The van der Waals surface area contributed by atoms with Gasteiger partial charge in [-0.05, 0) is 67.8 Å². The van der Waals surface area contributed by atoms with Gasteiger partial charge in [0.15, 0.2) is 0 Å². The molecular weight excluding hydrogens is 793 g/mol. The zero-order valence-corrected chi connectivity index (χ0v) is 29.6. The maximum atomic E-state index is 14.7. The van der Waals surface area contributed by atoms with Gasteiger partial charge in [-0.2, -0.15) is 83.4 Å².